The zero-order valence-corrected chi connectivity index (χ0v) is 3.82. The van der Waals surface area contributed by atoms with Crippen LogP contribution in [0.1, 0.15) is 6.42 Å². The first-order chi connectivity index (χ1) is 3.41. The lowest BCUT2D eigenvalue weighted by atomic mass is 10.5. The molecule has 0 amide bonds. The molecule has 0 aliphatic carbocycles. The minimum atomic E-state index is -0.443. The van der Waals surface area contributed by atoms with E-state index in [1.165, 1.54) is 6.47 Å². The predicted octanol–water partition coefficient (Wildman–Crippen LogP) is 0.430. The maximum atomic E-state index is 11.1. The third-order valence-corrected chi connectivity index (χ3v) is 0.439. The lowest BCUT2D eigenvalue weighted by Gasteiger charge is -1.87. The molecule has 0 saturated heterocycles. The van der Waals surface area contributed by atoms with Crippen LogP contribution in [0.25, 0.3) is 0 Å². The van der Waals surface area contributed by atoms with Crippen LogP contribution in [0.5, 0.6) is 0 Å². The van der Waals surface area contributed by atoms with E-state index in [4.69, 9.17) is 0 Å². The Labute approximate surface area is 41.3 Å². The van der Waals surface area contributed by atoms with E-state index >= 15 is 0 Å². The molecule has 0 aliphatic rings. The van der Waals surface area contributed by atoms with Crippen LogP contribution < -0.4 is 0 Å². The zero-order valence-electron chi connectivity index (χ0n) is 3.82. The molecule has 0 aromatic rings. The lowest BCUT2D eigenvalue weighted by molar-refractivity contribution is 0.259. The maximum absolute atomic E-state index is 11.1. The summed E-state index contributed by atoms with van der Waals surface area (Å²) in [7, 11) is 0. The summed E-state index contributed by atoms with van der Waals surface area (Å²) in [4.78, 5) is 9.21. The summed E-state index contributed by atoms with van der Waals surface area (Å²) in [6.07, 6.45) is 0.273. The molecule has 41 valence electrons. The van der Waals surface area contributed by atoms with Gasteiger partial charge in [-0.3, -0.25) is 4.39 Å². The topological polar surface area (TPSA) is 26.3 Å². The molecule has 0 heterocycles. The van der Waals surface area contributed by atoms with Gasteiger partial charge >= 0.3 is 6.47 Å². The molecule has 0 rings (SSSR count). The fourth-order valence-electron chi connectivity index (χ4n) is 0.168. The molecule has 2 nitrogen and oxygen atoms in total. The predicted molar refractivity (Wildman–Crippen MR) is 22.2 cm³/mol. The summed E-state index contributed by atoms with van der Waals surface area (Å²) < 4.78 is 15.1. The summed E-state index contributed by atoms with van der Waals surface area (Å²) in [5.74, 6) is 0. The normalized spacial score (nSPS) is 8.14. The molecule has 3 heteroatoms. The number of hydrogen-bond donors (Lipinski definition) is 0. The van der Waals surface area contributed by atoms with Crippen molar-refractivity contribution in [3.05, 3.63) is 0 Å². The minimum absolute atomic E-state index is 0.139. The second-order valence-electron chi connectivity index (χ2n) is 0.974. The Balaban J connectivity index is 2.56. The van der Waals surface area contributed by atoms with Gasteiger partial charge in [0.15, 0.2) is 0 Å². The number of rotatable bonds is 4. The molecule has 0 bridgehead atoms. The number of carbonyl (C=O) groups excluding carboxylic acids is 1. The number of alkyl halides is 1. The lowest BCUT2D eigenvalue weighted by Crippen LogP contribution is -1.91. The largest absolute Gasteiger partial charge is 0.457 e. The zero-order chi connectivity index (χ0) is 5.54. The van der Waals surface area contributed by atoms with Crippen molar-refractivity contribution in [3.8, 4) is 0 Å². The molecular weight excluding hydrogens is 99.0 g/mol. The van der Waals surface area contributed by atoms with Crippen LogP contribution in [-0.2, 0) is 9.53 Å². The van der Waals surface area contributed by atoms with Crippen LogP contribution >= 0.6 is 0 Å². The van der Waals surface area contributed by atoms with E-state index in [1.807, 2.05) is 0 Å². The first-order valence-corrected chi connectivity index (χ1v) is 1.96. The smallest absolute Gasteiger partial charge is 0.417 e. The Hall–Kier alpha value is -0.600. The van der Waals surface area contributed by atoms with Crippen molar-refractivity contribution >= 4 is 6.47 Å². The monoisotopic (exact) mass is 105 g/mol. The summed E-state index contributed by atoms with van der Waals surface area (Å²) in [5, 5.41) is 0. The third kappa shape index (κ3) is 5.40. The van der Waals surface area contributed by atoms with E-state index in [0.717, 1.165) is 0 Å². The highest BCUT2D eigenvalue weighted by atomic mass is 19.1. The van der Waals surface area contributed by atoms with E-state index < -0.39 is 6.67 Å². The minimum Gasteiger partial charge on any atom is -0.457 e. The van der Waals surface area contributed by atoms with Gasteiger partial charge in [0, 0.05) is 6.42 Å². The van der Waals surface area contributed by atoms with Gasteiger partial charge in [0.2, 0.25) is 0 Å². The molecule has 0 aliphatic heterocycles. The summed E-state index contributed by atoms with van der Waals surface area (Å²) >= 11 is 0. The molecule has 1 radical (unpaired) electrons. The highest BCUT2D eigenvalue weighted by Gasteiger charge is 1.82. The van der Waals surface area contributed by atoms with Crippen molar-refractivity contribution < 1.29 is 13.9 Å². The molecular formula is C4H6FO2. The molecule has 0 N–H and O–H groups in total. The van der Waals surface area contributed by atoms with Crippen molar-refractivity contribution in [1.29, 1.82) is 0 Å². The Morgan fingerprint density at radius 2 is 2.43 bits per heavy atom. The Morgan fingerprint density at radius 3 is 2.86 bits per heavy atom. The van der Waals surface area contributed by atoms with Gasteiger partial charge in [-0.15, -0.1) is 0 Å². The summed E-state index contributed by atoms with van der Waals surface area (Å²) in [6.45, 7) is 0.882. The first kappa shape index (κ1) is 6.40. The molecule has 0 fully saturated rings. The second-order valence-corrected chi connectivity index (χ2v) is 0.974. The number of hydrogen-bond acceptors (Lipinski definition) is 2. The fraction of sp³-hybridized carbons (Fsp3) is 0.750. The van der Waals surface area contributed by atoms with Crippen molar-refractivity contribution in [2.45, 2.75) is 6.42 Å². The third-order valence-electron chi connectivity index (χ3n) is 0.439. The van der Waals surface area contributed by atoms with E-state index in [1.54, 1.807) is 0 Å². The van der Waals surface area contributed by atoms with Crippen LogP contribution in [0, 0.1) is 0 Å². The Bertz CT molecular complexity index is 47.0. The second kappa shape index (κ2) is 5.40. The molecule has 7 heavy (non-hydrogen) atoms. The molecule has 0 atom stereocenters. The van der Waals surface area contributed by atoms with Crippen LogP contribution in [0.2, 0.25) is 0 Å². The molecule has 0 saturated carbocycles. The van der Waals surface area contributed by atoms with Gasteiger partial charge in [0.1, 0.15) is 0 Å². The van der Waals surface area contributed by atoms with Gasteiger partial charge in [0.25, 0.3) is 0 Å². The van der Waals surface area contributed by atoms with E-state index in [2.05, 4.69) is 4.74 Å². The maximum Gasteiger partial charge on any atom is 0.417 e. The van der Waals surface area contributed by atoms with Gasteiger partial charge < -0.3 is 4.74 Å². The van der Waals surface area contributed by atoms with Gasteiger partial charge in [-0.1, -0.05) is 0 Å². The van der Waals surface area contributed by atoms with Crippen molar-refractivity contribution in [1.82, 2.24) is 0 Å². The molecule has 0 aromatic carbocycles. The summed E-state index contributed by atoms with van der Waals surface area (Å²) in [5.41, 5.74) is 0. The van der Waals surface area contributed by atoms with Gasteiger partial charge in [-0.25, -0.2) is 4.79 Å². The molecule has 0 spiro atoms. The van der Waals surface area contributed by atoms with Crippen LogP contribution in [0.3, 0.4) is 0 Å². The Morgan fingerprint density at radius 1 is 1.71 bits per heavy atom. The first-order valence-electron chi connectivity index (χ1n) is 1.96. The quantitative estimate of drug-likeness (QED) is 0.484. The van der Waals surface area contributed by atoms with E-state index in [0.29, 0.717) is 0 Å². The van der Waals surface area contributed by atoms with Crippen LogP contribution in [0.15, 0.2) is 0 Å². The SMILES string of the molecule is O=[C]OCCCF. The van der Waals surface area contributed by atoms with Crippen LogP contribution in [-0.4, -0.2) is 19.8 Å². The number of halogens is 1. The highest BCUT2D eigenvalue weighted by molar-refractivity contribution is 5.37. The molecule has 0 unspecified atom stereocenters. The Kier molecular flexibility index (Phi) is 4.94. The average molecular weight is 105 g/mol. The van der Waals surface area contributed by atoms with E-state index in [-0.39, 0.29) is 13.0 Å². The summed E-state index contributed by atoms with van der Waals surface area (Å²) in [6, 6.07) is 0. The average Bonchev–Trinajstić information content (AvgIpc) is 1.69. The van der Waals surface area contributed by atoms with Crippen molar-refractivity contribution in [2.24, 2.45) is 0 Å². The van der Waals surface area contributed by atoms with Gasteiger partial charge in [0.05, 0.1) is 13.3 Å². The molecule has 0 aromatic heterocycles. The van der Waals surface area contributed by atoms with E-state index in [9.17, 15) is 9.18 Å². The van der Waals surface area contributed by atoms with Gasteiger partial charge in [-0.05, 0) is 0 Å². The highest BCUT2D eigenvalue weighted by Crippen LogP contribution is 1.78. The number of ether oxygens (including phenoxy) is 1. The van der Waals surface area contributed by atoms with Crippen molar-refractivity contribution in [3.63, 3.8) is 0 Å². The fourth-order valence-corrected chi connectivity index (χ4v) is 0.168. The van der Waals surface area contributed by atoms with Gasteiger partial charge in [-0.2, -0.15) is 0 Å². The van der Waals surface area contributed by atoms with Crippen LogP contribution in [0.4, 0.5) is 4.39 Å². The van der Waals surface area contributed by atoms with Crippen molar-refractivity contribution in [2.75, 3.05) is 13.3 Å². The standard InChI is InChI=1S/C4H6FO2/c5-2-1-3-7-4-6/h1-3H2.